The van der Waals surface area contributed by atoms with Gasteiger partial charge in [0.25, 0.3) is 0 Å². The molecular weight excluding hydrogens is 204 g/mol. The van der Waals surface area contributed by atoms with Crippen LogP contribution in [0.15, 0.2) is 11.8 Å². The molecule has 0 unspecified atom stereocenters. The highest BCUT2D eigenvalue weighted by atomic mass is 16.6. The van der Waals surface area contributed by atoms with Crippen LogP contribution in [0.5, 0.6) is 0 Å². The summed E-state index contributed by atoms with van der Waals surface area (Å²) in [7, 11) is 0. The molecule has 90 valence electrons. The summed E-state index contributed by atoms with van der Waals surface area (Å²) in [6.07, 6.45) is 5.00. The quantitative estimate of drug-likeness (QED) is 0.535. The van der Waals surface area contributed by atoms with E-state index in [0.717, 1.165) is 25.0 Å². The van der Waals surface area contributed by atoms with Gasteiger partial charge in [-0.25, -0.2) is 0 Å². The lowest BCUT2D eigenvalue weighted by Crippen LogP contribution is -2.27. The molecule has 0 aromatic rings. The lowest BCUT2D eigenvalue weighted by molar-refractivity contribution is -0.137. The van der Waals surface area contributed by atoms with Gasteiger partial charge in [-0.15, -0.1) is 0 Å². The Hall–Kier alpha value is -0.830. The lowest BCUT2D eigenvalue weighted by Gasteiger charge is -2.25. The number of carbonyl (C=O) groups excluding carboxylic acids is 1. The summed E-state index contributed by atoms with van der Waals surface area (Å²) >= 11 is 0. The van der Waals surface area contributed by atoms with Crippen LogP contribution in [-0.4, -0.2) is 17.7 Å². The molecule has 0 saturated carbocycles. The molecule has 0 aromatic heterocycles. The van der Waals surface area contributed by atoms with Crippen LogP contribution in [0.3, 0.4) is 0 Å². The van der Waals surface area contributed by atoms with Crippen LogP contribution in [0, 0.1) is 5.41 Å². The summed E-state index contributed by atoms with van der Waals surface area (Å²) in [5.41, 5.74) is 0.186. The van der Waals surface area contributed by atoms with Gasteiger partial charge in [0.15, 0.2) is 0 Å². The minimum absolute atomic E-state index is 0.0179. The highest BCUT2D eigenvalue weighted by molar-refractivity contribution is 5.67. The molecule has 0 spiro atoms. The molecule has 1 heterocycles. The van der Waals surface area contributed by atoms with E-state index in [1.165, 1.54) is 6.92 Å². The number of ether oxygens (including phenoxy) is 2. The predicted molar refractivity (Wildman–Crippen MR) is 60.8 cm³/mol. The van der Waals surface area contributed by atoms with Gasteiger partial charge in [0.1, 0.15) is 17.5 Å². The molecule has 3 heteroatoms. The Balaban J connectivity index is 2.04. The second-order valence-corrected chi connectivity index (χ2v) is 6.04. The summed E-state index contributed by atoms with van der Waals surface area (Å²) in [5.74, 6) is 0.469. The van der Waals surface area contributed by atoms with Crippen LogP contribution in [0.4, 0.5) is 0 Å². The van der Waals surface area contributed by atoms with E-state index in [1.54, 1.807) is 0 Å². The third-order valence-electron chi connectivity index (χ3n) is 3.04. The molecule has 0 aromatic carbocycles. The molecule has 1 saturated heterocycles. The highest BCUT2D eigenvalue weighted by Crippen LogP contribution is 2.54. The second-order valence-electron chi connectivity index (χ2n) is 6.04. The van der Waals surface area contributed by atoms with Crippen molar-refractivity contribution in [2.24, 2.45) is 5.41 Å². The largest absolute Gasteiger partial charge is 0.429 e. The van der Waals surface area contributed by atoms with E-state index in [-0.39, 0.29) is 23.1 Å². The summed E-state index contributed by atoms with van der Waals surface area (Å²) in [5, 5.41) is 0. The summed E-state index contributed by atoms with van der Waals surface area (Å²) < 4.78 is 11.0. The maximum Gasteiger partial charge on any atom is 0.307 e. The Morgan fingerprint density at radius 2 is 2.31 bits per heavy atom. The lowest BCUT2D eigenvalue weighted by atomic mass is 9.79. The third-order valence-corrected chi connectivity index (χ3v) is 3.04. The molecule has 1 aliphatic carbocycles. The zero-order valence-corrected chi connectivity index (χ0v) is 10.5. The molecule has 1 fully saturated rings. The zero-order chi connectivity index (χ0) is 12.0. The number of fused-ring (bicyclic) bond motifs is 1. The Morgan fingerprint density at radius 3 is 2.88 bits per heavy atom. The SMILES string of the molecule is CC(=O)OC1=CCC[C@]2(CC(C)(C)C)O[C@H]12. The first-order chi connectivity index (χ1) is 7.32. The number of hydrogen-bond acceptors (Lipinski definition) is 3. The van der Waals surface area contributed by atoms with Crippen LogP contribution >= 0.6 is 0 Å². The minimum atomic E-state index is -0.256. The van der Waals surface area contributed by atoms with Crippen molar-refractivity contribution in [2.75, 3.05) is 0 Å². The van der Waals surface area contributed by atoms with Crippen molar-refractivity contribution < 1.29 is 14.3 Å². The number of rotatable bonds is 2. The van der Waals surface area contributed by atoms with E-state index in [4.69, 9.17) is 9.47 Å². The average Bonchev–Trinajstić information content (AvgIpc) is 2.75. The molecule has 16 heavy (non-hydrogen) atoms. The van der Waals surface area contributed by atoms with E-state index < -0.39 is 0 Å². The molecule has 2 aliphatic rings. The van der Waals surface area contributed by atoms with Gasteiger partial charge in [-0.3, -0.25) is 4.79 Å². The van der Waals surface area contributed by atoms with Gasteiger partial charge in [0.2, 0.25) is 0 Å². The van der Waals surface area contributed by atoms with E-state index in [9.17, 15) is 4.79 Å². The highest BCUT2D eigenvalue weighted by Gasteiger charge is 2.61. The molecule has 0 amide bonds. The number of esters is 1. The van der Waals surface area contributed by atoms with Crippen molar-refractivity contribution >= 4 is 5.97 Å². The van der Waals surface area contributed by atoms with Gasteiger partial charge in [0.05, 0.1) is 0 Å². The Morgan fingerprint density at radius 1 is 1.62 bits per heavy atom. The second kappa shape index (κ2) is 3.59. The first-order valence-electron chi connectivity index (χ1n) is 5.89. The number of allylic oxidation sites excluding steroid dienone is 1. The third kappa shape index (κ3) is 2.29. The Labute approximate surface area is 96.8 Å². The smallest absolute Gasteiger partial charge is 0.307 e. The normalized spacial score (nSPS) is 32.8. The van der Waals surface area contributed by atoms with Gasteiger partial charge in [-0.1, -0.05) is 20.8 Å². The molecule has 0 bridgehead atoms. The molecule has 0 N–H and O–H groups in total. The van der Waals surface area contributed by atoms with Crippen molar-refractivity contribution in [3.05, 3.63) is 11.8 Å². The summed E-state index contributed by atoms with van der Waals surface area (Å²) in [6.45, 7) is 8.07. The molecule has 1 aliphatic heterocycles. The first kappa shape index (κ1) is 11.6. The van der Waals surface area contributed by atoms with Crippen molar-refractivity contribution in [3.63, 3.8) is 0 Å². The molecular formula is C13H20O3. The predicted octanol–water partition coefficient (Wildman–Crippen LogP) is 2.80. The van der Waals surface area contributed by atoms with Gasteiger partial charge in [0, 0.05) is 6.92 Å². The molecule has 2 rings (SSSR count). The van der Waals surface area contributed by atoms with Crippen molar-refractivity contribution in [1.29, 1.82) is 0 Å². The minimum Gasteiger partial charge on any atom is -0.429 e. The number of carbonyl (C=O) groups is 1. The Kier molecular flexibility index (Phi) is 2.61. The fourth-order valence-electron chi connectivity index (χ4n) is 2.66. The fourth-order valence-corrected chi connectivity index (χ4v) is 2.66. The van der Waals surface area contributed by atoms with Crippen molar-refractivity contribution in [2.45, 2.75) is 58.7 Å². The van der Waals surface area contributed by atoms with Gasteiger partial charge in [-0.2, -0.15) is 0 Å². The van der Waals surface area contributed by atoms with Crippen LogP contribution in [0.2, 0.25) is 0 Å². The number of hydrogen-bond donors (Lipinski definition) is 0. The van der Waals surface area contributed by atoms with Gasteiger partial charge in [-0.05, 0) is 30.8 Å². The topological polar surface area (TPSA) is 38.8 Å². The first-order valence-corrected chi connectivity index (χ1v) is 5.89. The van der Waals surface area contributed by atoms with E-state index in [1.807, 2.05) is 6.08 Å². The Bertz CT molecular complexity index is 338. The van der Waals surface area contributed by atoms with Gasteiger partial charge >= 0.3 is 5.97 Å². The van der Waals surface area contributed by atoms with Crippen molar-refractivity contribution in [1.82, 2.24) is 0 Å². The zero-order valence-electron chi connectivity index (χ0n) is 10.5. The number of epoxide rings is 1. The van der Waals surface area contributed by atoms with Crippen LogP contribution < -0.4 is 0 Å². The fraction of sp³-hybridized carbons (Fsp3) is 0.769. The standard InChI is InChI=1S/C13H20O3/c1-9(14)15-10-6-5-7-13(11(10)16-13)8-12(2,3)4/h6,11H,5,7-8H2,1-4H3/t11-,13-/m1/s1. The van der Waals surface area contributed by atoms with E-state index in [2.05, 4.69) is 20.8 Å². The molecule has 0 radical (unpaired) electrons. The summed E-state index contributed by atoms with van der Waals surface area (Å²) in [6, 6.07) is 0. The van der Waals surface area contributed by atoms with Crippen molar-refractivity contribution in [3.8, 4) is 0 Å². The molecule has 3 nitrogen and oxygen atoms in total. The maximum atomic E-state index is 10.9. The van der Waals surface area contributed by atoms with Crippen LogP contribution in [0.1, 0.15) is 47.0 Å². The maximum absolute atomic E-state index is 10.9. The van der Waals surface area contributed by atoms with E-state index in [0.29, 0.717) is 0 Å². The van der Waals surface area contributed by atoms with Crippen LogP contribution in [0.25, 0.3) is 0 Å². The van der Waals surface area contributed by atoms with Crippen LogP contribution in [-0.2, 0) is 14.3 Å². The monoisotopic (exact) mass is 224 g/mol. The summed E-state index contributed by atoms with van der Waals surface area (Å²) in [4.78, 5) is 10.9. The van der Waals surface area contributed by atoms with E-state index >= 15 is 0 Å². The molecule has 2 atom stereocenters. The van der Waals surface area contributed by atoms with Gasteiger partial charge < -0.3 is 9.47 Å². The average molecular weight is 224 g/mol.